The van der Waals surface area contributed by atoms with Crippen LogP contribution in [0.1, 0.15) is 67.8 Å². The van der Waals surface area contributed by atoms with Crippen molar-refractivity contribution in [1.29, 1.82) is 0 Å². The third-order valence-corrected chi connectivity index (χ3v) is 5.12. The van der Waals surface area contributed by atoms with Gasteiger partial charge in [-0.1, -0.05) is 27.2 Å². The van der Waals surface area contributed by atoms with Gasteiger partial charge in [0.25, 0.3) is 0 Å². The molecule has 0 aromatic carbocycles. The van der Waals surface area contributed by atoms with E-state index in [0.717, 1.165) is 12.5 Å². The lowest BCUT2D eigenvalue weighted by atomic mass is 10.0. The Morgan fingerprint density at radius 1 is 1.22 bits per heavy atom. The first-order valence-electron chi connectivity index (χ1n) is 7.55. The highest BCUT2D eigenvalue weighted by atomic mass is 32.1. The Kier molecular flexibility index (Phi) is 5.25. The standard InChI is InChI=1S/C16H27NS/c1-4-17-14(10-12(2)3)16-11-13-8-6-5-7-9-15(13)18-16/h11-12,14,17H,4-10H2,1-3H3. The first kappa shape index (κ1) is 14.1. The van der Waals surface area contributed by atoms with E-state index in [0.29, 0.717) is 6.04 Å². The van der Waals surface area contributed by atoms with Gasteiger partial charge in [0, 0.05) is 15.8 Å². The summed E-state index contributed by atoms with van der Waals surface area (Å²) in [6, 6.07) is 3.08. The van der Waals surface area contributed by atoms with E-state index in [9.17, 15) is 0 Å². The second-order valence-electron chi connectivity index (χ2n) is 5.90. The highest BCUT2D eigenvalue weighted by Gasteiger charge is 2.18. The fourth-order valence-corrected chi connectivity index (χ4v) is 4.23. The predicted octanol–water partition coefficient (Wildman–Crippen LogP) is 4.71. The van der Waals surface area contributed by atoms with Crippen LogP contribution < -0.4 is 5.32 Å². The Morgan fingerprint density at radius 3 is 2.72 bits per heavy atom. The van der Waals surface area contributed by atoms with E-state index in [2.05, 4.69) is 43.5 Å². The molecule has 1 nitrogen and oxygen atoms in total. The van der Waals surface area contributed by atoms with Gasteiger partial charge in [-0.2, -0.15) is 0 Å². The average molecular weight is 265 g/mol. The third kappa shape index (κ3) is 3.58. The molecule has 2 rings (SSSR count). The maximum absolute atomic E-state index is 3.67. The maximum Gasteiger partial charge on any atom is 0.0417 e. The first-order valence-corrected chi connectivity index (χ1v) is 8.37. The van der Waals surface area contributed by atoms with Crippen molar-refractivity contribution >= 4 is 11.3 Å². The van der Waals surface area contributed by atoms with E-state index in [1.54, 1.807) is 15.3 Å². The summed E-state index contributed by atoms with van der Waals surface area (Å²) in [5.41, 5.74) is 1.65. The summed E-state index contributed by atoms with van der Waals surface area (Å²) < 4.78 is 0. The van der Waals surface area contributed by atoms with Crippen molar-refractivity contribution in [3.63, 3.8) is 0 Å². The van der Waals surface area contributed by atoms with Crippen LogP contribution in [0.2, 0.25) is 0 Å². The van der Waals surface area contributed by atoms with Crippen molar-refractivity contribution < 1.29 is 0 Å². The van der Waals surface area contributed by atoms with Gasteiger partial charge < -0.3 is 5.32 Å². The number of thiophene rings is 1. The highest BCUT2D eigenvalue weighted by Crippen LogP contribution is 2.34. The monoisotopic (exact) mass is 265 g/mol. The molecule has 18 heavy (non-hydrogen) atoms. The molecular formula is C16H27NS. The minimum absolute atomic E-state index is 0.576. The van der Waals surface area contributed by atoms with E-state index >= 15 is 0 Å². The summed E-state index contributed by atoms with van der Waals surface area (Å²) in [5.74, 6) is 0.760. The Hall–Kier alpha value is -0.340. The molecule has 1 unspecified atom stereocenters. The van der Waals surface area contributed by atoms with Gasteiger partial charge in [0.05, 0.1) is 0 Å². The quantitative estimate of drug-likeness (QED) is 0.760. The molecule has 1 atom stereocenters. The summed E-state index contributed by atoms with van der Waals surface area (Å²) in [4.78, 5) is 3.26. The molecular weight excluding hydrogens is 238 g/mol. The normalized spacial score (nSPS) is 17.6. The smallest absolute Gasteiger partial charge is 0.0417 e. The molecule has 2 heteroatoms. The van der Waals surface area contributed by atoms with E-state index in [4.69, 9.17) is 0 Å². The lowest BCUT2D eigenvalue weighted by molar-refractivity contribution is 0.443. The molecule has 1 aliphatic rings. The van der Waals surface area contributed by atoms with Crippen molar-refractivity contribution in [3.8, 4) is 0 Å². The molecule has 102 valence electrons. The predicted molar refractivity (Wildman–Crippen MR) is 81.5 cm³/mol. The van der Waals surface area contributed by atoms with E-state index in [1.165, 1.54) is 38.5 Å². The maximum atomic E-state index is 3.67. The van der Waals surface area contributed by atoms with E-state index in [1.807, 2.05) is 0 Å². The molecule has 0 bridgehead atoms. The van der Waals surface area contributed by atoms with Crippen molar-refractivity contribution in [2.75, 3.05) is 6.54 Å². The summed E-state index contributed by atoms with van der Waals surface area (Å²) in [5, 5.41) is 3.67. The van der Waals surface area contributed by atoms with Crippen LogP contribution in [0.4, 0.5) is 0 Å². The molecule has 1 aromatic heterocycles. The van der Waals surface area contributed by atoms with Crippen molar-refractivity contribution in [3.05, 3.63) is 21.4 Å². The molecule has 1 aromatic rings. The second-order valence-corrected chi connectivity index (χ2v) is 7.07. The number of rotatable bonds is 5. The largest absolute Gasteiger partial charge is 0.310 e. The van der Waals surface area contributed by atoms with Crippen LogP contribution in [0.3, 0.4) is 0 Å². The van der Waals surface area contributed by atoms with Crippen LogP contribution in [0.15, 0.2) is 6.07 Å². The Labute approximate surface area is 116 Å². The van der Waals surface area contributed by atoms with Crippen LogP contribution in [0.5, 0.6) is 0 Å². The second kappa shape index (κ2) is 6.72. The first-order chi connectivity index (χ1) is 8.70. The SMILES string of the molecule is CCNC(CC(C)C)c1cc2c(s1)CCCCC2. The zero-order chi connectivity index (χ0) is 13.0. The number of hydrogen-bond donors (Lipinski definition) is 1. The molecule has 0 radical (unpaired) electrons. The van der Waals surface area contributed by atoms with Crippen LogP contribution in [0, 0.1) is 5.92 Å². The summed E-state index contributed by atoms with van der Waals surface area (Å²) in [6.45, 7) is 7.93. The van der Waals surface area contributed by atoms with Crippen LogP contribution in [-0.2, 0) is 12.8 Å². The van der Waals surface area contributed by atoms with Crippen LogP contribution in [-0.4, -0.2) is 6.54 Å². The minimum Gasteiger partial charge on any atom is -0.310 e. The summed E-state index contributed by atoms with van der Waals surface area (Å²) in [7, 11) is 0. The molecule has 0 amide bonds. The van der Waals surface area contributed by atoms with Gasteiger partial charge in [-0.3, -0.25) is 0 Å². The van der Waals surface area contributed by atoms with Crippen LogP contribution >= 0.6 is 11.3 Å². The lowest BCUT2D eigenvalue weighted by Gasteiger charge is -2.18. The highest BCUT2D eigenvalue weighted by molar-refractivity contribution is 7.12. The summed E-state index contributed by atoms with van der Waals surface area (Å²) >= 11 is 2.08. The third-order valence-electron chi connectivity index (χ3n) is 3.77. The zero-order valence-electron chi connectivity index (χ0n) is 12.1. The number of hydrogen-bond acceptors (Lipinski definition) is 2. The Balaban J connectivity index is 2.14. The zero-order valence-corrected chi connectivity index (χ0v) is 12.9. The number of fused-ring (bicyclic) bond motifs is 1. The molecule has 1 aliphatic carbocycles. The van der Waals surface area contributed by atoms with Gasteiger partial charge in [-0.15, -0.1) is 11.3 Å². The molecule has 0 spiro atoms. The lowest BCUT2D eigenvalue weighted by Crippen LogP contribution is -2.21. The Morgan fingerprint density at radius 2 is 2.00 bits per heavy atom. The molecule has 0 aliphatic heterocycles. The van der Waals surface area contributed by atoms with Gasteiger partial charge in [0.15, 0.2) is 0 Å². The van der Waals surface area contributed by atoms with E-state index in [-0.39, 0.29) is 0 Å². The van der Waals surface area contributed by atoms with Crippen molar-refractivity contribution in [2.45, 2.75) is 65.3 Å². The van der Waals surface area contributed by atoms with Gasteiger partial charge in [-0.25, -0.2) is 0 Å². The average Bonchev–Trinajstić information content (AvgIpc) is 2.60. The number of aryl methyl sites for hydroxylation is 2. The fourth-order valence-electron chi connectivity index (χ4n) is 2.88. The fraction of sp³-hybridized carbons (Fsp3) is 0.750. The van der Waals surface area contributed by atoms with Gasteiger partial charge in [0.1, 0.15) is 0 Å². The van der Waals surface area contributed by atoms with Crippen molar-refractivity contribution in [1.82, 2.24) is 5.32 Å². The van der Waals surface area contributed by atoms with Gasteiger partial charge in [0.2, 0.25) is 0 Å². The molecule has 1 N–H and O–H groups in total. The van der Waals surface area contributed by atoms with Gasteiger partial charge >= 0.3 is 0 Å². The number of nitrogens with one attached hydrogen (secondary N) is 1. The molecule has 0 saturated heterocycles. The van der Waals surface area contributed by atoms with Gasteiger partial charge in [-0.05, 0) is 56.2 Å². The topological polar surface area (TPSA) is 12.0 Å². The minimum atomic E-state index is 0.576. The van der Waals surface area contributed by atoms with Crippen molar-refractivity contribution in [2.24, 2.45) is 5.92 Å². The van der Waals surface area contributed by atoms with E-state index < -0.39 is 0 Å². The summed E-state index contributed by atoms with van der Waals surface area (Å²) in [6.07, 6.45) is 8.09. The van der Waals surface area contributed by atoms with Crippen LogP contribution in [0.25, 0.3) is 0 Å². The Bertz CT molecular complexity index is 344. The molecule has 0 fully saturated rings. The molecule has 1 heterocycles. The molecule has 0 saturated carbocycles.